The van der Waals surface area contributed by atoms with E-state index in [0.29, 0.717) is 11.5 Å². The normalized spacial score (nSPS) is 10.0. The van der Waals surface area contributed by atoms with Crippen molar-refractivity contribution in [2.45, 2.75) is 13.3 Å². The summed E-state index contributed by atoms with van der Waals surface area (Å²) < 4.78 is 0. The molecule has 0 saturated heterocycles. The van der Waals surface area contributed by atoms with Gasteiger partial charge in [0, 0.05) is 13.6 Å². The summed E-state index contributed by atoms with van der Waals surface area (Å²) in [4.78, 5) is 16.6. The fourth-order valence-corrected chi connectivity index (χ4v) is 1.33. The van der Waals surface area contributed by atoms with Crippen molar-refractivity contribution in [2.75, 3.05) is 24.2 Å². The standard InChI is InChI=1S/C10H15N3O2/c1-3-6-13(2)9-7(11)4-5-8(12-9)10(14)15/h4-5H,3,6,11H2,1-2H3,(H,14,15). The molecule has 0 unspecified atom stereocenters. The summed E-state index contributed by atoms with van der Waals surface area (Å²) in [6.45, 7) is 2.83. The summed E-state index contributed by atoms with van der Waals surface area (Å²) in [6.07, 6.45) is 0.953. The SMILES string of the molecule is CCCN(C)c1nc(C(=O)O)ccc1N. The number of rotatable bonds is 4. The third-order valence-corrected chi connectivity index (χ3v) is 2.05. The highest BCUT2D eigenvalue weighted by Crippen LogP contribution is 2.19. The van der Waals surface area contributed by atoms with Crippen LogP contribution in [-0.4, -0.2) is 29.7 Å². The summed E-state index contributed by atoms with van der Waals surface area (Å²) in [7, 11) is 1.84. The van der Waals surface area contributed by atoms with Gasteiger partial charge in [-0.05, 0) is 18.6 Å². The van der Waals surface area contributed by atoms with E-state index in [-0.39, 0.29) is 5.69 Å². The van der Waals surface area contributed by atoms with Gasteiger partial charge >= 0.3 is 5.97 Å². The molecule has 3 N–H and O–H groups in total. The van der Waals surface area contributed by atoms with Crippen molar-refractivity contribution in [1.82, 2.24) is 4.98 Å². The Morgan fingerprint density at radius 3 is 2.80 bits per heavy atom. The Morgan fingerprint density at radius 2 is 2.27 bits per heavy atom. The molecule has 0 saturated carbocycles. The third-order valence-electron chi connectivity index (χ3n) is 2.05. The Bertz CT molecular complexity index is 366. The van der Waals surface area contributed by atoms with E-state index < -0.39 is 5.97 Å². The lowest BCUT2D eigenvalue weighted by atomic mass is 10.3. The minimum Gasteiger partial charge on any atom is -0.477 e. The number of hydrogen-bond donors (Lipinski definition) is 2. The van der Waals surface area contributed by atoms with Crippen molar-refractivity contribution >= 4 is 17.5 Å². The van der Waals surface area contributed by atoms with E-state index in [1.165, 1.54) is 6.07 Å². The van der Waals surface area contributed by atoms with Crippen LogP contribution >= 0.6 is 0 Å². The molecule has 0 aliphatic rings. The minimum atomic E-state index is -1.04. The number of nitrogens with two attached hydrogens (primary N) is 1. The Morgan fingerprint density at radius 1 is 1.60 bits per heavy atom. The molecule has 82 valence electrons. The molecule has 1 rings (SSSR count). The van der Waals surface area contributed by atoms with Crippen LogP contribution in [0.3, 0.4) is 0 Å². The van der Waals surface area contributed by atoms with Gasteiger partial charge in [-0.1, -0.05) is 6.92 Å². The lowest BCUT2D eigenvalue weighted by molar-refractivity contribution is 0.0690. The first-order valence-corrected chi connectivity index (χ1v) is 4.77. The summed E-state index contributed by atoms with van der Waals surface area (Å²) >= 11 is 0. The van der Waals surface area contributed by atoms with Gasteiger partial charge in [-0.15, -0.1) is 0 Å². The molecule has 1 aromatic heterocycles. The van der Waals surface area contributed by atoms with Gasteiger partial charge in [-0.2, -0.15) is 0 Å². The quantitative estimate of drug-likeness (QED) is 0.779. The fourth-order valence-electron chi connectivity index (χ4n) is 1.33. The van der Waals surface area contributed by atoms with Gasteiger partial charge in [-0.25, -0.2) is 9.78 Å². The van der Waals surface area contributed by atoms with E-state index in [2.05, 4.69) is 4.98 Å². The predicted octanol–water partition coefficient (Wildman–Crippen LogP) is 1.21. The summed E-state index contributed by atoms with van der Waals surface area (Å²) in [5.74, 6) is -0.516. The molecule has 0 bridgehead atoms. The molecule has 0 aliphatic carbocycles. The van der Waals surface area contributed by atoms with Crippen molar-refractivity contribution in [1.29, 1.82) is 0 Å². The molecule has 0 atom stereocenters. The van der Waals surface area contributed by atoms with E-state index in [0.717, 1.165) is 13.0 Å². The van der Waals surface area contributed by atoms with Gasteiger partial charge in [0.05, 0.1) is 5.69 Å². The van der Waals surface area contributed by atoms with E-state index in [4.69, 9.17) is 10.8 Å². The van der Waals surface area contributed by atoms with E-state index in [1.807, 2.05) is 18.9 Å². The van der Waals surface area contributed by atoms with Gasteiger partial charge in [0.15, 0.2) is 11.5 Å². The van der Waals surface area contributed by atoms with Crippen LogP contribution in [0.2, 0.25) is 0 Å². The molecule has 0 spiro atoms. The van der Waals surface area contributed by atoms with E-state index >= 15 is 0 Å². The molecule has 0 amide bonds. The van der Waals surface area contributed by atoms with Crippen molar-refractivity contribution in [3.05, 3.63) is 17.8 Å². The summed E-state index contributed by atoms with van der Waals surface area (Å²) in [5, 5.41) is 8.79. The number of anilines is 2. The fraction of sp³-hybridized carbons (Fsp3) is 0.400. The molecular formula is C10H15N3O2. The third kappa shape index (κ3) is 2.59. The molecule has 0 fully saturated rings. The number of aromatic carboxylic acids is 1. The summed E-state index contributed by atoms with van der Waals surface area (Å²) in [6, 6.07) is 2.97. The van der Waals surface area contributed by atoms with Gasteiger partial charge < -0.3 is 15.7 Å². The number of carbonyl (C=O) groups is 1. The van der Waals surface area contributed by atoms with Crippen LogP contribution in [0.15, 0.2) is 12.1 Å². The Kier molecular flexibility index (Phi) is 3.49. The highest BCUT2D eigenvalue weighted by molar-refractivity contribution is 5.86. The lowest BCUT2D eigenvalue weighted by Crippen LogP contribution is -2.21. The van der Waals surface area contributed by atoms with Crippen LogP contribution in [0.25, 0.3) is 0 Å². The Labute approximate surface area is 88.5 Å². The largest absolute Gasteiger partial charge is 0.477 e. The highest BCUT2D eigenvalue weighted by Gasteiger charge is 2.11. The second kappa shape index (κ2) is 4.63. The molecule has 5 nitrogen and oxygen atoms in total. The maximum absolute atomic E-state index is 10.7. The molecule has 15 heavy (non-hydrogen) atoms. The van der Waals surface area contributed by atoms with Gasteiger partial charge in [0.1, 0.15) is 0 Å². The minimum absolute atomic E-state index is 0.0159. The summed E-state index contributed by atoms with van der Waals surface area (Å²) in [5.41, 5.74) is 6.24. The molecule has 1 heterocycles. The molecule has 0 aromatic carbocycles. The zero-order valence-corrected chi connectivity index (χ0v) is 8.90. The number of carboxylic acids is 1. The average Bonchev–Trinajstić information content (AvgIpc) is 2.18. The first-order chi connectivity index (χ1) is 7.06. The van der Waals surface area contributed by atoms with E-state index in [1.54, 1.807) is 6.07 Å². The van der Waals surface area contributed by atoms with E-state index in [9.17, 15) is 4.79 Å². The first-order valence-electron chi connectivity index (χ1n) is 4.77. The van der Waals surface area contributed by atoms with Crippen molar-refractivity contribution in [3.8, 4) is 0 Å². The number of nitrogens with zero attached hydrogens (tertiary/aromatic N) is 2. The number of aromatic nitrogens is 1. The maximum atomic E-state index is 10.7. The van der Waals surface area contributed by atoms with Crippen LogP contribution in [0.4, 0.5) is 11.5 Å². The second-order valence-corrected chi connectivity index (χ2v) is 3.34. The number of hydrogen-bond acceptors (Lipinski definition) is 4. The van der Waals surface area contributed by atoms with Crippen LogP contribution in [0.5, 0.6) is 0 Å². The second-order valence-electron chi connectivity index (χ2n) is 3.34. The Hall–Kier alpha value is -1.78. The van der Waals surface area contributed by atoms with Crippen LogP contribution in [-0.2, 0) is 0 Å². The zero-order valence-electron chi connectivity index (χ0n) is 8.90. The van der Waals surface area contributed by atoms with Crippen LogP contribution in [0, 0.1) is 0 Å². The first kappa shape index (κ1) is 11.3. The van der Waals surface area contributed by atoms with Crippen LogP contribution in [0.1, 0.15) is 23.8 Å². The smallest absolute Gasteiger partial charge is 0.354 e. The molecular weight excluding hydrogens is 194 g/mol. The van der Waals surface area contributed by atoms with Crippen molar-refractivity contribution in [2.24, 2.45) is 0 Å². The van der Waals surface area contributed by atoms with Crippen molar-refractivity contribution in [3.63, 3.8) is 0 Å². The van der Waals surface area contributed by atoms with Crippen molar-refractivity contribution < 1.29 is 9.90 Å². The highest BCUT2D eigenvalue weighted by atomic mass is 16.4. The van der Waals surface area contributed by atoms with Gasteiger partial charge in [0.25, 0.3) is 0 Å². The molecule has 1 aromatic rings. The van der Waals surface area contributed by atoms with Crippen LogP contribution < -0.4 is 10.6 Å². The van der Waals surface area contributed by atoms with Gasteiger partial charge in [-0.3, -0.25) is 0 Å². The number of nitrogen functional groups attached to an aromatic ring is 1. The maximum Gasteiger partial charge on any atom is 0.354 e. The number of carboxylic acid groups (broad SMARTS) is 1. The molecule has 0 aliphatic heterocycles. The zero-order chi connectivity index (χ0) is 11.4. The predicted molar refractivity (Wildman–Crippen MR) is 59.2 cm³/mol. The molecule has 5 heteroatoms. The topological polar surface area (TPSA) is 79.5 Å². The van der Waals surface area contributed by atoms with Gasteiger partial charge in [0.2, 0.25) is 0 Å². The lowest BCUT2D eigenvalue weighted by Gasteiger charge is -2.19. The molecule has 0 radical (unpaired) electrons. The average molecular weight is 209 g/mol. The number of pyridine rings is 1. The monoisotopic (exact) mass is 209 g/mol. The Balaban J connectivity index is 3.04.